The zero-order valence-electron chi connectivity index (χ0n) is 4.39. The van der Waals surface area contributed by atoms with Gasteiger partial charge in [-0.1, -0.05) is 23.2 Å². The van der Waals surface area contributed by atoms with Crippen LogP contribution in [0.3, 0.4) is 0 Å². The lowest BCUT2D eigenvalue weighted by Gasteiger charge is -1.84. The minimum absolute atomic E-state index is 0.0899. The molecule has 0 unspecified atom stereocenters. The SMILES string of the molecule is O=S1(=O)CC(Cl)=C(Cl)C1. The number of hydrogen-bond donors (Lipinski definition) is 0. The van der Waals surface area contributed by atoms with Crippen molar-refractivity contribution in [3.63, 3.8) is 0 Å². The molecule has 2 nitrogen and oxygen atoms in total. The van der Waals surface area contributed by atoms with E-state index in [1.165, 1.54) is 0 Å². The molecule has 1 aliphatic rings. The molecule has 1 heterocycles. The summed E-state index contributed by atoms with van der Waals surface area (Å²) in [4.78, 5) is 0. The quantitative estimate of drug-likeness (QED) is 0.569. The van der Waals surface area contributed by atoms with Gasteiger partial charge < -0.3 is 0 Å². The Hall–Kier alpha value is 0.270. The Bertz CT molecular complexity index is 232. The summed E-state index contributed by atoms with van der Waals surface area (Å²) in [6.45, 7) is 0. The molecule has 0 bridgehead atoms. The van der Waals surface area contributed by atoms with Gasteiger partial charge in [0.05, 0.1) is 11.5 Å². The average molecular weight is 187 g/mol. The van der Waals surface area contributed by atoms with Gasteiger partial charge in [-0.05, 0) is 0 Å². The Labute approximate surface area is 63.4 Å². The standard InChI is InChI=1S/C4H4Cl2O2S/c5-3-1-9(7,8)2-4(3)6/h1-2H2. The Morgan fingerprint density at radius 2 is 1.44 bits per heavy atom. The second kappa shape index (κ2) is 2.15. The average Bonchev–Trinajstić information content (AvgIpc) is 1.79. The Balaban J connectivity index is 2.95. The van der Waals surface area contributed by atoms with Gasteiger partial charge in [0.2, 0.25) is 0 Å². The molecule has 0 saturated heterocycles. The maximum atomic E-state index is 10.6. The molecule has 52 valence electrons. The summed E-state index contributed by atoms with van der Waals surface area (Å²) < 4.78 is 21.3. The van der Waals surface area contributed by atoms with Crippen molar-refractivity contribution in [2.24, 2.45) is 0 Å². The normalized spacial score (nSPS) is 25.1. The van der Waals surface area contributed by atoms with Crippen molar-refractivity contribution < 1.29 is 8.42 Å². The predicted molar refractivity (Wildman–Crippen MR) is 37.4 cm³/mol. The van der Waals surface area contributed by atoms with Gasteiger partial charge in [0.15, 0.2) is 9.84 Å². The molecule has 0 spiro atoms. The first kappa shape index (κ1) is 7.38. The van der Waals surface area contributed by atoms with Crippen molar-refractivity contribution in [2.75, 3.05) is 11.5 Å². The van der Waals surface area contributed by atoms with Gasteiger partial charge in [0.1, 0.15) is 0 Å². The molecular weight excluding hydrogens is 183 g/mol. The third-order valence-corrected chi connectivity index (χ3v) is 3.58. The first-order valence-electron chi connectivity index (χ1n) is 2.25. The van der Waals surface area contributed by atoms with Crippen LogP contribution < -0.4 is 0 Å². The zero-order valence-corrected chi connectivity index (χ0v) is 6.72. The third-order valence-electron chi connectivity index (χ3n) is 0.988. The summed E-state index contributed by atoms with van der Waals surface area (Å²) in [5.74, 6) is -0.180. The van der Waals surface area contributed by atoms with Crippen LogP contribution in [0.4, 0.5) is 0 Å². The van der Waals surface area contributed by atoms with Crippen molar-refractivity contribution in [3.8, 4) is 0 Å². The number of halogens is 2. The fourth-order valence-corrected chi connectivity index (χ4v) is 3.11. The van der Waals surface area contributed by atoms with Gasteiger partial charge >= 0.3 is 0 Å². The molecule has 9 heavy (non-hydrogen) atoms. The summed E-state index contributed by atoms with van der Waals surface area (Å²) >= 11 is 10.8. The lowest BCUT2D eigenvalue weighted by molar-refractivity contribution is 0.603. The highest BCUT2D eigenvalue weighted by molar-refractivity contribution is 7.92. The molecule has 1 rings (SSSR count). The molecule has 5 heteroatoms. The molecule has 0 N–H and O–H groups in total. The molecule has 0 saturated carbocycles. The van der Waals surface area contributed by atoms with E-state index in [1.807, 2.05) is 0 Å². The molecule has 0 aromatic heterocycles. The van der Waals surface area contributed by atoms with E-state index in [0.29, 0.717) is 0 Å². The van der Waals surface area contributed by atoms with E-state index in [-0.39, 0.29) is 21.6 Å². The highest BCUT2D eigenvalue weighted by Crippen LogP contribution is 2.24. The third kappa shape index (κ3) is 1.60. The van der Waals surface area contributed by atoms with Gasteiger partial charge in [0.25, 0.3) is 0 Å². The molecule has 0 aliphatic carbocycles. The molecule has 0 aromatic rings. The van der Waals surface area contributed by atoms with Gasteiger partial charge in [0, 0.05) is 10.1 Å². The van der Waals surface area contributed by atoms with E-state index < -0.39 is 9.84 Å². The monoisotopic (exact) mass is 186 g/mol. The van der Waals surface area contributed by atoms with Crippen LogP contribution in [0, 0.1) is 0 Å². The highest BCUT2D eigenvalue weighted by atomic mass is 35.5. The smallest absolute Gasteiger partial charge is 0.160 e. The predicted octanol–water partition coefficient (Wildman–Crippen LogP) is 1.10. The molecule has 0 amide bonds. The summed E-state index contributed by atoms with van der Waals surface area (Å²) in [5, 5.41) is 0.522. The Kier molecular flexibility index (Phi) is 1.76. The maximum absolute atomic E-state index is 10.6. The first-order chi connectivity index (χ1) is 4.01. The van der Waals surface area contributed by atoms with Crippen LogP contribution in [0.2, 0.25) is 0 Å². The van der Waals surface area contributed by atoms with Crippen molar-refractivity contribution in [3.05, 3.63) is 10.1 Å². The van der Waals surface area contributed by atoms with Crippen molar-refractivity contribution >= 4 is 33.0 Å². The minimum atomic E-state index is -2.98. The van der Waals surface area contributed by atoms with Crippen LogP contribution in [0.15, 0.2) is 10.1 Å². The van der Waals surface area contributed by atoms with Gasteiger partial charge in [-0.15, -0.1) is 0 Å². The largest absolute Gasteiger partial charge is 0.228 e. The van der Waals surface area contributed by atoms with E-state index in [2.05, 4.69) is 0 Å². The van der Waals surface area contributed by atoms with E-state index in [4.69, 9.17) is 23.2 Å². The van der Waals surface area contributed by atoms with Crippen LogP contribution in [-0.2, 0) is 9.84 Å². The molecule has 0 radical (unpaired) electrons. The van der Waals surface area contributed by atoms with Crippen molar-refractivity contribution in [1.82, 2.24) is 0 Å². The van der Waals surface area contributed by atoms with Gasteiger partial charge in [-0.2, -0.15) is 0 Å². The second-order valence-corrected chi connectivity index (χ2v) is 4.82. The topological polar surface area (TPSA) is 34.1 Å². The summed E-state index contributed by atoms with van der Waals surface area (Å²) in [7, 11) is -2.98. The number of rotatable bonds is 0. The van der Waals surface area contributed by atoms with Gasteiger partial charge in [-0.25, -0.2) is 8.42 Å². The number of hydrogen-bond acceptors (Lipinski definition) is 2. The van der Waals surface area contributed by atoms with Crippen molar-refractivity contribution in [2.45, 2.75) is 0 Å². The molecule has 0 atom stereocenters. The molecular formula is C4H4Cl2O2S. The first-order valence-corrected chi connectivity index (χ1v) is 4.82. The van der Waals surface area contributed by atoms with Crippen LogP contribution in [0.5, 0.6) is 0 Å². The summed E-state index contributed by atoms with van der Waals surface area (Å²) in [5.41, 5.74) is 0. The minimum Gasteiger partial charge on any atom is -0.228 e. The highest BCUT2D eigenvalue weighted by Gasteiger charge is 2.24. The molecule has 0 fully saturated rings. The maximum Gasteiger partial charge on any atom is 0.160 e. The van der Waals surface area contributed by atoms with Crippen molar-refractivity contribution in [1.29, 1.82) is 0 Å². The zero-order chi connectivity index (χ0) is 7.07. The van der Waals surface area contributed by atoms with Gasteiger partial charge in [-0.3, -0.25) is 0 Å². The van der Waals surface area contributed by atoms with Crippen LogP contribution in [-0.4, -0.2) is 19.9 Å². The van der Waals surface area contributed by atoms with E-state index in [1.54, 1.807) is 0 Å². The summed E-state index contributed by atoms with van der Waals surface area (Å²) in [6, 6.07) is 0. The lowest BCUT2D eigenvalue weighted by Crippen LogP contribution is -2.01. The van der Waals surface area contributed by atoms with Crippen LogP contribution >= 0.6 is 23.2 Å². The number of sulfone groups is 1. The molecule has 1 aliphatic heterocycles. The Morgan fingerprint density at radius 3 is 1.56 bits per heavy atom. The molecule has 0 aromatic carbocycles. The van der Waals surface area contributed by atoms with E-state index >= 15 is 0 Å². The van der Waals surface area contributed by atoms with Crippen LogP contribution in [0.25, 0.3) is 0 Å². The van der Waals surface area contributed by atoms with E-state index in [9.17, 15) is 8.42 Å². The summed E-state index contributed by atoms with van der Waals surface area (Å²) in [6.07, 6.45) is 0. The fourth-order valence-electron chi connectivity index (χ4n) is 0.594. The van der Waals surface area contributed by atoms with Crippen LogP contribution in [0.1, 0.15) is 0 Å². The van der Waals surface area contributed by atoms with E-state index in [0.717, 1.165) is 0 Å². The second-order valence-electron chi connectivity index (χ2n) is 1.84. The fraction of sp³-hybridized carbons (Fsp3) is 0.500. The lowest BCUT2D eigenvalue weighted by atomic mass is 10.6. The Morgan fingerprint density at radius 1 is 1.11 bits per heavy atom.